The second-order valence-corrected chi connectivity index (χ2v) is 2.19. The van der Waals surface area contributed by atoms with Crippen LogP contribution in [-0.2, 0) is 6.42 Å². The van der Waals surface area contributed by atoms with Crippen molar-refractivity contribution < 1.29 is 0 Å². The number of hydrogen-bond acceptors (Lipinski definition) is 2. The summed E-state index contributed by atoms with van der Waals surface area (Å²) in [5.41, 5.74) is 9.59. The van der Waals surface area contributed by atoms with E-state index in [1.165, 1.54) is 0 Å². The average molecular weight is 158 g/mol. The fourth-order valence-corrected chi connectivity index (χ4v) is 0.823. The third-order valence-electron chi connectivity index (χ3n) is 1.38. The normalized spacial score (nSPS) is 8.25. The molecule has 0 aromatic heterocycles. The summed E-state index contributed by atoms with van der Waals surface area (Å²) in [4.78, 5) is 2.64. The molecule has 0 unspecified atom stereocenters. The first-order chi connectivity index (χ1) is 5.86. The van der Waals surface area contributed by atoms with Crippen LogP contribution in [-0.4, -0.2) is 0 Å². The van der Waals surface area contributed by atoms with Crippen LogP contribution in [0.1, 0.15) is 5.56 Å². The van der Waals surface area contributed by atoms with Crippen LogP contribution in [0.2, 0.25) is 0 Å². The van der Waals surface area contributed by atoms with Gasteiger partial charge >= 0.3 is 0 Å². The Morgan fingerprint density at radius 1 is 1.42 bits per heavy atom. The van der Waals surface area contributed by atoms with Crippen molar-refractivity contribution in [3.8, 4) is 6.07 Å². The third-order valence-corrected chi connectivity index (χ3v) is 1.38. The maximum absolute atomic E-state index is 8.36. The van der Waals surface area contributed by atoms with Crippen molar-refractivity contribution in [3.63, 3.8) is 0 Å². The highest BCUT2D eigenvalue weighted by atomic mass is 15.1. The molecule has 12 heavy (non-hydrogen) atoms. The van der Waals surface area contributed by atoms with Crippen molar-refractivity contribution in [2.45, 2.75) is 6.42 Å². The number of azide groups is 1. The summed E-state index contributed by atoms with van der Waals surface area (Å²) in [6, 6.07) is 8.95. The van der Waals surface area contributed by atoms with Gasteiger partial charge in [0.15, 0.2) is 0 Å². The van der Waals surface area contributed by atoms with Gasteiger partial charge in [-0.3, -0.25) is 0 Å². The van der Waals surface area contributed by atoms with E-state index in [4.69, 9.17) is 10.8 Å². The summed E-state index contributed by atoms with van der Waals surface area (Å²) in [5.74, 6) is 0. The van der Waals surface area contributed by atoms with Crippen molar-refractivity contribution in [1.82, 2.24) is 0 Å². The molecule has 0 atom stereocenters. The zero-order chi connectivity index (χ0) is 8.81. The molecule has 0 spiro atoms. The molecule has 0 aliphatic rings. The Labute approximate surface area is 69.7 Å². The molecule has 0 fully saturated rings. The van der Waals surface area contributed by atoms with Gasteiger partial charge in [0.25, 0.3) is 0 Å². The van der Waals surface area contributed by atoms with Gasteiger partial charge in [-0.1, -0.05) is 29.4 Å². The van der Waals surface area contributed by atoms with Gasteiger partial charge in [0.05, 0.1) is 12.5 Å². The third kappa shape index (κ3) is 2.01. The predicted molar refractivity (Wildman–Crippen MR) is 44.6 cm³/mol. The van der Waals surface area contributed by atoms with Crippen LogP contribution in [0.25, 0.3) is 10.4 Å². The largest absolute Gasteiger partial charge is 0.198 e. The molecular formula is C8H6N4. The molecule has 0 aliphatic carbocycles. The average Bonchev–Trinajstić information content (AvgIpc) is 2.09. The van der Waals surface area contributed by atoms with Gasteiger partial charge in [-0.15, -0.1) is 0 Å². The monoisotopic (exact) mass is 158 g/mol. The van der Waals surface area contributed by atoms with E-state index in [1.807, 2.05) is 6.07 Å². The lowest BCUT2D eigenvalue weighted by Crippen LogP contribution is -1.77. The van der Waals surface area contributed by atoms with Crippen LogP contribution in [0, 0.1) is 11.3 Å². The van der Waals surface area contributed by atoms with Gasteiger partial charge < -0.3 is 0 Å². The SMILES string of the molecule is N#CCc1ccc(N=[N+]=[N-])cc1. The maximum atomic E-state index is 8.36. The van der Waals surface area contributed by atoms with Crippen LogP contribution < -0.4 is 0 Å². The Bertz CT molecular complexity index is 340. The van der Waals surface area contributed by atoms with Crippen LogP contribution in [0.5, 0.6) is 0 Å². The highest BCUT2D eigenvalue weighted by molar-refractivity contribution is 5.39. The van der Waals surface area contributed by atoms with Gasteiger partial charge in [0.1, 0.15) is 0 Å². The zero-order valence-electron chi connectivity index (χ0n) is 6.31. The number of nitriles is 1. The van der Waals surface area contributed by atoms with Crippen molar-refractivity contribution in [2.24, 2.45) is 5.11 Å². The molecule has 58 valence electrons. The minimum atomic E-state index is 0.385. The fraction of sp³-hybridized carbons (Fsp3) is 0.125. The summed E-state index contributed by atoms with van der Waals surface area (Å²) in [6.07, 6.45) is 0.385. The molecular weight excluding hydrogens is 152 g/mol. The Morgan fingerprint density at radius 2 is 2.08 bits per heavy atom. The molecule has 4 heteroatoms. The van der Waals surface area contributed by atoms with Crippen LogP contribution >= 0.6 is 0 Å². The first-order valence-electron chi connectivity index (χ1n) is 3.38. The Kier molecular flexibility index (Phi) is 2.72. The molecule has 1 aromatic rings. The Balaban J connectivity index is 2.86. The van der Waals surface area contributed by atoms with Gasteiger partial charge in [-0.2, -0.15) is 5.26 Å². The molecule has 0 saturated carbocycles. The second-order valence-electron chi connectivity index (χ2n) is 2.19. The minimum Gasteiger partial charge on any atom is -0.198 e. The smallest absolute Gasteiger partial charge is 0.0669 e. The summed E-state index contributed by atoms with van der Waals surface area (Å²) >= 11 is 0. The molecule has 0 radical (unpaired) electrons. The Morgan fingerprint density at radius 3 is 2.58 bits per heavy atom. The van der Waals surface area contributed by atoms with Crippen molar-refractivity contribution in [1.29, 1.82) is 5.26 Å². The van der Waals surface area contributed by atoms with E-state index in [2.05, 4.69) is 10.0 Å². The Hall–Kier alpha value is -1.98. The molecule has 0 aliphatic heterocycles. The first-order valence-corrected chi connectivity index (χ1v) is 3.38. The van der Waals surface area contributed by atoms with Crippen LogP contribution in [0.3, 0.4) is 0 Å². The number of rotatable bonds is 2. The molecule has 0 amide bonds. The summed E-state index contributed by atoms with van der Waals surface area (Å²) in [6.45, 7) is 0. The first kappa shape index (κ1) is 8.12. The van der Waals surface area contributed by atoms with E-state index in [0.29, 0.717) is 12.1 Å². The maximum Gasteiger partial charge on any atom is 0.0669 e. The number of hydrogen-bond donors (Lipinski definition) is 0. The number of nitrogens with zero attached hydrogens (tertiary/aromatic N) is 4. The van der Waals surface area contributed by atoms with E-state index < -0.39 is 0 Å². The molecule has 0 bridgehead atoms. The van der Waals surface area contributed by atoms with E-state index in [1.54, 1.807) is 24.3 Å². The topological polar surface area (TPSA) is 72.5 Å². The summed E-state index contributed by atoms with van der Waals surface area (Å²) in [5, 5.41) is 11.8. The van der Waals surface area contributed by atoms with Gasteiger partial charge in [0.2, 0.25) is 0 Å². The lowest BCUT2D eigenvalue weighted by atomic mass is 10.1. The molecule has 1 rings (SSSR count). The lowest BCUT2D eigenvalue weighted by Gasteiger charge is -1.93. The van der Waals surface area contributed by atoms with Crippen molar-refractivity contribution in [2.75, 3.05) is 0 Å². The number of benzene rings is 1. The zero-order valence-corrected chi connectivity index (χ0v) is 6.31. The van der Waals surface area contributed by atoms with Crippen molar-refractivity contribution >= 4 is 5.69 Å². The molecule has 0 N–H and O–H groups in total. The highest BCUT2D eigenvalue weighted by Gasteiger charge is 1.90. The van der Waals surface area contributed by atoms with Gasteiger partial charge in [-0.25, -0.2) is 0 Å². The fourth-order valence-electron chi connectivity index (χ4n) is 0.823. The quantitative estimate of drug-likeness (QED) is 0.370. The highest BCUT2D eigenvalue weighted by Crippen LogP contribution is 2.12. The van der Waals surface area contributed by atoms with Gasteiger partial charge in [0, 0.05) is 10.6 Å². The molecule has 0 heterocycles. The molecule has 1 aromatic carbocycles. The standard InChI is InChI=1S/C8H6N4/c9-6-5-7-1-3-8(4-2-7)11-12-10/h1-4H,5H2. The second kappa shape index (κ2) is 4.02. The van der Waals surface area contributed by atoms with Crippen LogP contribution in [0.4, 0.5) is 5.69 Å². The van der Waals surface area contributed by atoms with E-state index in [-0.39, 0.29) is 0 Å². The molecule has 0 saturated heterocycles. The van der Waals surface area contributed by atoms with Crippen LogP contribution in [0.15, 0.2) is 29.4 Å². The van der Waals surface area contributed by atoms with E-state index >= 15 is 0 Å². The minimum absolute atomic E-state index is 0.385. The summed E-state index contributed by atoms with van der Waals surface area (Å²) < 4.78 is 0. The molecule has 4 nitrogen and oxygen atoms in total. The van der Waals surface area contributed by atoms with E-state index in [9.17, 15) is 0 Å². The van der Waals surface area contributed by atoms with Crippen molar-refractivity contribution in [3.05, 3.63) is 40.3 Å². The lowest BCUT2D eigenvalue weighted by molar-refractivity contribution is 1.26. The summed E-state index contributed by atoms with van der Waals surface area (Å²) in [7, 11) is 0. The van der Waals surface area contributed by atoms with E-state index in [0.717, 1.165) is 5.56 Å². The van der Waals surface area contributed by atoms with Gasteiger partial charge in [-0.05, 0) is 11.1 Å². The predicted octanol–water partition coefficient (Wildman–Crippen LogP) is 2.69.